The Bertz CT molecular complexity index is 910. The third-order valence-corrected chi connectivity index (χ3v) is 3.84. The fourth-order valence-electron chi connectivity index (χ4n) is 2.80. The lowest BCUT2D eigenvalue weighted by Gasteiger charge is -2.22. The molecule has 0 amide bonds. The number of rotatable bonds is 4. The van der Waals surface area contributed by atoms with Crippen LogP contribution in [0.15, 0.2) is 63.8 Å². The maximum Gasteiger partial charge on any atom is 0.339 e. The molecule has 0 saturated carbocycles. The van der Waals surface area contributed by atoms with Gasteiger partial charge in [0.05, 0.1) is 0 Å². The first-order valence-electron chi connectivity index (χ1n) is 7.35. The number of carbonyl (C=O) groups is 1. The highest BCUT2D eigenvalue weighted by atomic mass is 16.4. The normalized spacial score (nSPS) is 12.2. The van der Waals surface area contributed by atoms with Gasteiger partial charge in [-0.3, -0.25) is 4.79 Å². The van der Waals surface area contributed by atoms with Gasteiger partial charge in [0, 0.05) is 23.3 Å². The van der Waals surface area contributed by atoms with Crippen molar-refractivity contribution in [3.63, 3.8) is 0 Å². The van der Waals surface area contributed by atoms with Gasteiger partial charge >= 0.3 is 5.63 Å². The third kappa shape index (κ3) is 2.88. The molecule has 0 bridgehead atoms. The summed E-state index contributed by atoms with van der Waals surface area (Å²) in [6, 6.07) is 15.7. The van der Waals surface area contributed by atoms with Crippen molar-refractivity contribution in [3.8, 4) is 5.75 Å². The van der Waals surface area contributed by atoms with E-state index in [9.17, 15) is 14.7 Å². The number of fused-ring (bicyclic) bond motifs is 1. The van der Waals surface area contributed by atoms with Gasteiger partial charge in [0.25, 0.3) is 0 Å². The molecule has 0 fully saturated rings. The molecule has 3 aromatic rings. The van der Waals surface area contributed by atoms with Crippen LogP contribution in [0.25, 0.3) is 11.0 Å². The lowest BCUT2D eigenvalue weighted by molar-refractivity contribution is -0.267. The van der Waals surface area contributed by atoms with Gasteiger partial charge in [-0.15, -0.1) is 0 Å². The minimum Gasteiger partial charge on any atom is -0.872 e. The standard InChI is InChI=1S/C19H16O4/c1-12(20)11-15(13-7-3-2-4-8-13)17-18(21)14-9-5-6-10-16(14)23-19(17)22/h2-10,15,21H,11H2,1H3/p-1/t15-/m1/s1. The van der Waals surface area contributed by atoms with Gasteiger partial charge in [0.1, 0.15) is 11.4 Å². The van der Waals surface area contributed by atoms with Gasteiger partial charge in [-0.05, 0) is 18.6 Å². The molecule has 116 valence electrons. The van der Waals surface area contributed by atoms with Crippen molar-refractivity contribution in [1.82, 2.24) is 0 Å². The molecule has 3 rings (SSSR count). The SMILES string of the molecule is CC(=O)C[C@H](c1ccccc1)c1c([O-])c2ccccc2oc1=O. The average Bonchev–Trinajstić information content (AvgIpc) is 2.54. The van der Waals surface area contributed by atoms with Crippen LogP contribution in [0, 0.1) is 0 Å². The third-order valence-electron chi connectivity index (χ3n) is 3.84. The van der Waals surface area contributed by atoms with Crippen LogP contribution in [0.4, 0.5) is 0 Å². The first kappa shape index (κ1) is 15.0. The van der Waals surface area contributed by atoms with Crippen molar-refractivity contribution in [2.75, 3.05) is 0 Å². The quantitative estimate of drug-likeness (QED) is 0.695. The van der Waals surface area contributed by atoms with E-state index in [-0.39, 0.29) is 29.1 Å². The molecule has 0 radical (unpaired) electrons. The van der Waals surface area contributed by atoms with E-state index in [1.807, 2.05) is 30.3 Å². The zero-order chi connectivity index (χ0) is 16.4. The van der Waals surface area contributed by atoms with Gasteiger partial charge in [-0.25, -0.2) is 4.79 Å². The largest absolute Gasteiger partial charge is 0.872 e. The predicted octanol–water partition coefficient (Wildman–Crippen LogP) is 2.98. The Morgan fingerprint density at radius 3 is 2.43 bits per heavy atom. The minimum atomic E-state index is -0.677. The van der Waals surface area contributed by atoms with E-state index >= 15 is 0 Å². The zero-order valence-corrected chi connectivity index (χ0v) is 12.6. The summed E-state index contributed by atoms with van der Waals surface area (Å²) < 4.78 is 5.29. The van der Waals surface area contributed by atoms with Crippen LogP contribution in [0.2, 0.25) is 0 Å². The molecule has 1 atom stereocenters. The van der Waals surface area contributed by atoms with Crippen LogP contribution in [-0.4, -0.2) is 5.78 Å². The Morgan fingerprint density at radius 2 is 1.74 bits per heavy atom. The van der Waals surface area contributed by atoms with Crippen molar-refractivity contribution in [3.05, 3.63) is 76.1 Å². The van der Waals surface area contributed by atoms with Crippen LogP contribution < -0.4 is 10.7 Å². The lowest BCUT2D eigenvalue weighted by atomic mass is 9.87. The number of hydrogen-bond donors (Lipinski definition) is 0. The Morgan fingerprint density at radius 1 is 1.09 bits per heavy atom. The van der Waals surface area contributed by atoms with Crippen molar-refractivity contribution < 1.29 is 14.3 Å². The first-order chi connectivity index (χ1) is 11.1. The number of para-hydroxylation sites is 1. The van der Waals surface area contributed by atoms with Crippen LogP contribution in [0.3, 0.4) is 0 Å². The summed E-state index contributed by atoms with van der Waals surface area (Å²) in [6.07, 6.45) is 0.0857. The maximum absolute atomic E-state index is 12.8. The van der Waals surface area contributed by atoms with Crippen LogP contribution >= 0.6 is 0 Å². The van der Waals surface area contributed by atoms with Crippen LogP contribution in [0.5, 0.6) is 5.75 Å². The highest BCUT2D eigenvalue weighted by molar-refractivity contribution is 5.84. The highest BCUT2D eigenvalue weighted by Crippen LogP contribution is 2.34. The van der Waals surface area contributed by atoms with E-state index in [4.69, 9.17) is 4.42 Å². The molecule has 0 unspecified atom stereocenters. The summed E-state index contributed by atoms with van der Waals surface area (Å²) in [5.41, 5.74) is 0.358. The summed E-state index contributed by atoms with van der Waals surface area (Å²) in [5.74, 6) is -1.06. The molecular formula is C19H15O4-. The first-order valence-corrected chi connectivity index (χ1v) is 7.35. The highest BCUT2D eigenvalue weighted by Gasteiger charge is 2.22. The number of Topliss-reactive ketones (excluding diaryl/α,β-unsaturated/α-hetero) is 1. The molecule has 1 heterocycles. The Balaban J connectivity index is 2.26. The fourth-order valence-corrected chi connectivity index (χ4v) is 2.80. The van der Waals surface area contributed by atoms with Gasteiger partial charge in [-0.2, -0.15) is 0 Å². The fraction of sp³-hybridized carbons (Fsp3) is 0.158. The summed E-state index contributed by atoms with van der Waals surface area (Å²) >= 11 is 0. The average molecular weight is 307 g/mol. The zero-order valence-electron chi connectivity index (χ0n) is 12.6. The molecule has 4 nitrogen and oxygen atoms in total. The maximum atomic E-state index is 12.8. The lowest BCUT2D eigenvalue weighted by Crippen LogP contribution is -2.19. The van der Waals surface area contributed by atoms with Crippen LogP contribution in [0.1, 0.15) is 30.4 Å². The second kappa shape index (κ2) is 6.08. The molecule has 2 aromatic carbocycles. The summed E-state index contributed by atoms with van der Waals surface area (Å²) in [4.78, 5) is 24.0. The molecule has 0 N–H and O–H groups in total. The smallest absolute Gasteiger partial charge is 0.339 e. The number of carbonyl (C=O) groups excluding carboxylic acids is 1. The Labute approximate surface area is 133 Å². The molecule has 23 heavy (non-hydrogen) atoms. The molecular weight excluding hydrogens is 292 g/mol. The van der Waals surface area contributed by atoms with Gasteiger partial charge in [0.2, 0.25) is 0 Å². The molecule has 1 aromatic heterocycles. The van der Waals surface area contributed by atoms with E-state index in [1.54, 1.807) is 24.3 Å². The van der Waals surface area contributed by atoms with Crippen molar-refractivity contribution in [2.45, 2.75) is 19.3 Å². The van der Waals surface area contributed by atoms with Crippen molar-refractivity contribution in [1.29, 1.82) is 0 Å². The van der Waals surface area contributed by atoms with E-state index in [0.717, 1.165) is 5.56 Å². The number of hydrogen-bond acceptors (Lipinski definition) is 4. The van der Waals surface area contributed by atoms with Gasteiger partial charge < -0.3 is 9.52 Å². The Hall–Kier alpha value is -2.88. The van der Waals surface area contributed by atoms with E-state index in [0.29, 0.717) is 5.39 Å². The summed E-state index contributed by atoms with van der Waals surface area (Å²) in [5, 5.41) is 13.1. The van der Waals surface area contributed by atoms with Crippen molar-refractivity contribution in [2.24, 2.45) is 0 Å². The van der Waals surface area contributed by atoms with Crippen molar-refractivity contribution >= 4 is 16.8 Å². The molecule has 0 aliphatic carbocycles. The summed E-state index contributed by atoms with van der Waals surface area (Å²) in [7, 11) is 0. The molecule has 0 aliphatic heterocycles. The number of ketones is 1. The monoisotopic (exact) mass is 307 g/mol. The molecule has 0 saturated heterocycles. The van der Waals surface area contributed by atoms with E-state index < -0.39 is 11.5 Å². The summed E-state index contributed by atoms with van der Waals surface area (Å²) in [6.45, 7) is 1.45. The predicted molar refractivity (Wildman–Crippen MR) is 85.5 cm³/mol. The minimum absolute atomic E-state index is 0.0186. The molecule has 4 heteroatoms. The van der Waals surface area contributed by atoms with E-state index in [1.165, 1.54) is 6.92 Å². The Kier molecular flexibility index (Phi) is 3.98. The van der Waals surface area contributed by atoms with E-state index in [2.05, 4.69) is 0 Å². The van der Waals surface area contributed by atoms with Gasteiger partial charge in [-0.1, -0.05) is 54.3 Å². The topological polar surface area (TPSA) is 70.3 Å². The van der Waals surface area contributed by atoms with Crippen LogP contribution in [-0.2, 0) is 4.79 Å². The molecule has 0 spiro atoms. The van der Waals surface area contributed by atoms with Gasteiger partial charge in [0.15, 0.2) is 0 Å². The molecule has 0 aliphatic rings. The number of benzene rings is 2. The second-order valence-corrected chi connectivity index (χ2v) is 5.50. The second-order valence-electron chi connectivity index (χ2n) is 5.50.